The smallest absolute Gasteiger partial charge is 0.306 e. The molecule has 0 radical (unpaired) electrons. The van der Waals surface area contributed by atoms with Crippen LogP contribution in [-0.2, 0) is 19.1 Å². The van der Waals surface area contributed by atoms with Gasteiger partial charge in [0.05, 0.1) is 6.61 Å². The molecule has 0 fully saturated rings. The van der Waals surface area contributed by atoms with Gasteiger partial charge in [-0.15, -0.1) is 0 Å². The number of aliphatic hydroxyl groups excluding tert-OH is 1. The van der Waals surface area contributed by atoms with Crippen LogP contribution in [-0.4, -0.2) is 36.4 Å². The zero-order valence-corrected chi connectivity index (χ0v) is 48.8. The normalized spacial score (nSPS) is 13.2. The number of esters is 2. The average Bonchev–Trinajstić information content (AvgIpc) is 3.41. The van der Waals surface area contributed by atoms with Crippen LogP contribution in [0, 0.1) is 0 Å². The number of carbonyl (C=O) groups is 2. The Hall–Kier alpha value is -3.96. The van der Waals surface area contributed by atoms with Crippen LogP contribution in [0.25, 0.3) is 0 Å². The molecule has 0 rings (SSSR count). The van der Waals surface area contributed by atoms with Crippen molar-refractivity contribution in [3.63, 3.8) is 0 Å². The molecular formula is C70H116O5. The van der Waals surface area contributed by atoms with Crippen LogP contribution in [0.5, 0.6) is 0 Å². The van der Waals surface area contributed by atoms with Crippen molar-refractivity contribution in [3.05, 3.63) is 134 Å². The Bertz CT molecular complexity index is 1550. The summed E-state index contributed by atoms with van der Waals surface area (Å²) < 4.78 is 10.7. The molecule has 0 heterocycles. The van der Waals surface area contributed by atoms with Gasteiger partial charge in [0, 0.05) is 12.8 Å². The molecule has 0 aliphatic heterocycles. The highest BCUT2D eigenvalue weighted by atomic mass is 16.6. The molecule has 0 aliphatic carbocycles. The largest absolute Gasteiger partial charge is 0.462 e. The van der Waals surface area contributed by atoms with Gasteiger partial charge in [-0.1, -0.05) is 302 Å². The minimum Gasteiger partial charge on any atom is -0.462 e. The molecule has 0 aromatic heterocycles. The number of aliphatic hydroxyl groups is 1. The molecule has 0 aliphatic rings. The highest BCUT2D eigenvalue weighted by Crippen LogP contribution is 2.16. The Morgan fingerprint density at radius 1 is 0.320 bits per heavy atom. The van der Waals surface area contributed by atoms with E-state index in [2.05, 4.69) is 148 Å². The van der Waals surface area contributed by atoms with Crippen molar-refractivity contribution >= 4 is 11.9 Å². The fraction of sp³-hybridized carbons (Fsp3) is 0.657. The Morgan fingerprint density at radius 3 is 0.867 bits per heavy atom. The summed E-state index contributed by atoms with van der Waals surface area (Å²) in [6.07, 6.45) is 95.8. The third-order valence-corrected chi connectivity index (χ3v) is 13.2. The van der Waals surface area contributed by atoms with E-state index >= 15 is 0 Å². The molecule has 1 unspecified atom stereocenters. The average molecular weight is 1040 g/mol. The van der Waals surface area contributed by atoms with E-state index in [-0.39, 0.29) is 25.2 Å². The van der Waals surface area contributed by atoms with Crippen LogP contribution >= 0.6 is 0 Å². The minimum atomic E-state index is -0.791. The first-order chi connectivity index (χ1) is 37.1. The molecule has 75 heavy (non-hydrogen) atoms. The molecule has 0 amide bonds. The molecule has 426 valence electrons. The summed E-state index contributed by atoms with van der Waals surface area (Å²) in [5.41, 5.74) is 0. The van der Waals surface area contributed by atoms with Gasteiger partial charge in [0.1, 0.15) is 6.61 Å². The molecule has 0 spiro atoms. The van der Waals surface area contributed by atoms with Gasteiger partial charge < -0.3 is 14.6 Å². The van der Waals surface area contributed by atoms with Gasteiger partial charge in [0.15, 0.2) is 6.10 Å². The Labute approximate surface area is 464 Å². The summed E-state index contributed by atoms with van der Waals surface area (Å²) in [7, 11) is 0. The first-order valence-corrected chi connectivity index (χ1v) is 31.2. The molecule has 0 aromatic rings. The van der Waals surface area contributed by atoms with E-state index in [0.717, 1.165) is 128 Å². The van der Waals surface area contributed by atoms with Crippen molar-refractivity contribution in [1.82, 2.24) is 0 Å². The number of allylic oxidation sites excluding steroid dienone is 22. The highest BCUT2D eigenvalue weighted by Gasteiger charge is 2.16. The lowest BCUT2D eigenvalue weighted by atomic mass is 10.0. The number of hydrogen-bond acceptors (Lipinski definition) is 5. The lowest BCUT2D eigenvalue weighted by Gasteiger charge is -2.15. The van der Waals surface area contributed by atoms with Crippen molar-refractivity contribution < 1.29 is 24.2 Å². The second kappa shape index (κ2) is 64.3. The van der Waals surface area contributed by atoms with Gasteiger partial charge in [-0.25, -0.2) is 0 Å². The fourth-order valence-electron chi connectivity index (χ4n) is 8.56. The van der Waals surface area contributed by atoms with Crippen molar-refractivity contribution in [2.24, 2.45) is 0 Å². The van der Waals surface area contributed by atoms with Crippen molar-refractivity contribution in [1.29, 1.82) is 0 Å². The van der Waals surface area contributed by atoms with E-state index in [0.29, 0.717) is 12.8 Å². The molecular weight excluding hydrogens is 921 g/mol. The van der Waals surface area contributed by atoms with Gasteiger partial charge in [0.2, 0.25) is 0 Å². The van der Waals surface area contributed by atoms with Crippen molar-refractivity contribution in [2.75, 3.05) is 13.2 Å². The summed E-state index contributed by atoms with van der Waals surface area (Å²) in [6, 6.07) is 0. The fourth-order valence-corrected chi connectivity index (χ4v) is 8.56. The summed E-state index contributed by atoms with van der Waals surface area (Å²) in [5, 5.41) is 9.67. The Balaban J connectivity index is 3.61. The third kappa shape index (κ3) is 62.5. The molecule has 0 saturated carbocycles. The van der Waals surface area contributed by atoms with Crippen LogP contribution < -0.4 is 0 Å². The van der Waals surface area contributed by atoms with Crippen LogP contribution in [0.1, 0.15) is 277 Å². The Kier molecular flexibility index (Phi) is 60.9. The van der Waals surface area contributed by atoms with E-state index in [9.17, 15) is 14.7 Å². The van der Waals surface area contributed by atoms with Gasteiger partial charge in [-0.3, -0.25) is 9.59 Å². The summed E-state index contributed by atoms with van der Waals surface area (Å²) in [5.74, 6) is -0.611. The summed E-state index contributed by atoms with van der Waals surface area (Å²) >= 11 is 0. The van der Waals surface area contributed by atoms with Crippen LogP contribution in [0.2, 0.25) is 0 Å². The third-order valence-electron chi connectivity index (χ3n) is 13.2. The SMILES string of the molecule is CC/C=C\C/C=C\C/C=C\C/C=C\C/C=C\C/C=C\C/C=C\C/C=C\C/C=C\C/C=C\C/C=C\CCCCCCCC(=O)OC(CO)COC(=O)CCCCCCCCCCCCCCCCCCCCCCCC. The van der Waals surface area contributed by atoms with Crippen molar-refractivity contribution in [3.8, 4) is 0 Å². The molecule has 0 aromatic carbocycles. The first kappa shape index (κ1) is 71.0. The zero-order valence-electron chi connectivity index (χ0n) is 48.8. The molecule has 0 bridgehead atoms. The molecule has 5 heteroatoms. The predicted octanol–water partition coefficient (Wildman–Crippen LogP) is 21.6. The zero-order chi connectivity index (χ0) is 54.1. The number of carbonyl (C=O) groups excluding carboxylic acids is 2. The number of rotatable bonds is 56. The van der Waals surface area contributed by atoms with Crippen LogP contribution in [0.3, 0.4) is 0 Å². The van der Waals surface area contributed by atoms with E-state index in [1.165, 1.54) is 122 Å². The monoisotopic (exact) mass is 1040 g/mol. The highest BCUT2D eigenvalue weighted by molar-refractivity contribution is 5.70. The standard InChI is InChI=1S/C70H116O5/c1-3-5-7-9-11-13-15-17-19-21-23-25-27-28-29-30-31-32-33-34-35-36-37-38-39-40-41-42-43-45-47-49-51-53-55-57-59-61-63-65-70(73)75-68(66-71)67-74-69(72)64-62-60-58-56-54-52-50-48-46-44-26-24-22-20-18-16-14-12-10-8-6-4-2/h5,7,11,13,17,19,23,25,28-29,31-32,34-35,37-38,40-41,43,45,49,51,68,71H,3-4,6,8-10,12,14-16,18,20-22,24,26-27,30,33,36,39,42,44,46-48,50,52-67H2,1-2H3/b7-5-,13-11-,19-17-,25-23-,29-28-,32-31-,35-34-,38-37-,41-40-,45-43-,51-49-. The number of hydrogen-bond donors (Lipinski definition) is 1. The predicted molar refractivity (Wildman–Crippen MR) is 329 cm³/mol. The van der Waals surface area contributed by atoms with Gasteiger partial charge >= 0.3 is 11.9 Å². The van der Waals surface area contributed by atoms with Crippen LogP contribution in [0.4, 0.5) is 0 Å². The minimum absolute atomic E-state index is 0.0780. The molecule has 0 saturated heterocycles. The maximum absolute atomic E-state index is 12.3. The first-order valence-electron chi connectivity index (χ1n) is 31.2. The second-order valence-electron chi connectivity index (χ2n) is 20.4. The molecule has 1 N–H and O–H groups in total. The topological polar surface area (TPSA) is 72.8 Å². The van der Waals surface area contributed by atoms with Gasteiger partial charge in [-0.2, -0.15) is 0 Å². The van der Waals surface area contributed by atoms with Gasteiger partial charge in [-0.05, 0) is 96.3 Å². The number of ether oxygens (including phenoxy) is 2. The lowest BCUT2D eigenvalue weighted by Crippen LogP contribution is -2.28. The van der Waals surface area contributed by atoms with Gasteiger partial charge in [0.25, 0.3) is 0 Å². The van der Waals surface area contributed by atoms with E-state index < -0.39 is 6.10 Å². The molecule has 1 atom stereocenters. The maximum atomic E-state index is 12.3. The lowest BCUT2D eigenvalue weighted by molar-refractivity contribution is -0.161. The summed E-state index contributed by atoms with van der Waals surface area (Å²) in [4.78, 5) is 24.6. The quantitative estimate of drug-likeness (QED) is 0.0373. The second-order valence-corrected chi connectivity index (χ2v) is 20.4. The van der Waals surface area contributed by atoms with E-state index in [1.807, 2.05) is 0 Å². The maximum Gasteiger partial charge on any atom is 0.306 e. The van der Waals surface area contributed by atoms with Crippen LogP contribution in [0.15, 0.2) is 134 Å². The summed E-state index contributed by atoms with van der Waals surface area (Å²) in [6.45, 7) is 4.03. The van der Waals surface area contributed by atoms with E-state index in [4.69, 9.17) is 9.47 Å². The molecule has 5 nitrogen and oxygen atoms in total. The Morgan fingerprint density at radius 2 is 0.573 bits per heavy atom. The number of unbranched alkanes of at least 4 members (excludes halogenated alkanes) is 26. The van der Waals surface area contributed by atoms with Crippen molar-refractivity contribution in [2.45, 2.75) is 283 Å². The van der Waals surface area contributed by atoms with E-state index in [1.54, 1.807) is 0 Å².